The Morgan fingerprint density at radius 3 is 2.40 bits per heavy atom. The van der Waals surface area contributed by atoms with E-state index in [4.69, 9.17) is 15.2 Å². The van der Waals surface area contributed by atoms with E-state index in [0.29, 0.717) is 0 Å². The summed E-state index contributed by atoms with van der Waals surface area (Å²) in [7, 11) is 0. The third kappa shape index (κ3) is 2.50. The topological polar surface area (TPSA) is 64.9 Å². The van der Waals surface area contributed by atoms with Crippen molar-refractivity contribution in [2.75, 3.05) is 0 Å². The summed E-state index contributed by atoms with van der Waals surface area (Å²) in [6.45, 7) is 4.56. The molecule has 1 aromatic rings. The first-order valence-electron chi connectivity index (χ1n) is 8.15. The minimum atomic E-state index is -0.362. The lowest BCUT2D eigenvalue weighted by molar-refractivity contribution is 0.220. The van der Waals surface area contributed by atoms with Gasteiger partial charge >= 0.3 is 0 Å². The van der Waals surface area contributed by atoms with Crippen molar-refractivity contribution in [3.8, 4) is 0 Å². The van der Waals surface area contributed by atoms with Crippen LogP contribution in [0.1, 0.15) is 83.3 Å². The molecule has 4 nitrogen and oxygen atoms in total. The van der Waals surface area contributed by atoms with Gasteiger partial charge in [-0.05, 0) is 44.4 Å². The zero-order valence-electron chi connectivity index (χ0n) is 12.8. The molecule has 112 valence electrons. The molecule has 0 radical (unpaired) electrons. The van der Waals surface area contributed by atoms with Crippen molar-refractivity contribution in [1.82, 2.24) is 10.1 Å². The molecule has 2 N–H and O–H groups in total. The Kier molecular flexibility index (Phi) is 3.61. The maximum atomic E-state index is 6.54. The zero-order chi connectivity index (χ0) is 14.2. The Balaban J connectivity index is 1.79. The average Bonchev–Trinajstić information content (AvgIpc) is 2.94. The monoisotopic (exact) mass is 277 g/mol. The first-order chi connectivity index (χ1) is 9.52. The molecule has 20 heavy (non-hydrogen) atoms. The molecule has 0 unspecified atom stereocenters. The maximum Gasteiger partial charge on any atom is 0.232 e. The largest absolute Gasteiger partial charge is 0.339 e. The molecule has 0 aliphatic heterocycles. The number of aromatic nitrogens is 2. The zero-order valence-corrected chi connectivity index (χ0v) is 12.8. The second kappa shape index (κ2) is 5.14. The Hall–Kier alpha value is -0.900. The molecule has 2 fully saturated rings. The summed E-state index contributed by atoms with van der Waals surface area (Å²) in [6, 6.07) is 0. The van der Waals surface area contributed by atoms with Gasteiger partial charge in [0.15, 0.2) is 5.82 Å². The van der Waals surface area contributed by atoms with E-state index in [-0.39, 0.29) is 11.0 Å². The van der Waals surface area contributed by atoms with Gasteiger partial charge in [0.05, 0.1) is 5.54 Å². The molecular formula is C16H27N3O. The van der Waals surface area contributed by atoms with Gasteiger partial charge in [-0.3, -0.25) is 0 Å². The van der Waals surface area contributed by atoms with Crippen LogP contribution in [0.3, 0.4) is 0 Å². The lowest BCUT2D eigenvalue weighted by Crippen LogP contribution is -2.41. The molecular weight excluding hydrogens is 250 g/mol. The van der Waals surface area contributed by atoms with E-state index in [9.17, 15) is 0 Å². The van der Waals surface area contributed by atoms with Crippen LogP contribution in [0.15, 0.2) is 4.52 Å². The Bertz CT molecular complexity index is 454. The predicted molar refractivity (Wildman–Crippen MR) is 78.2 cm³/mol. The molecule has 4 heteroatoms. The van der Waals surface area contributed by atoms with Crippen LogP contribution in [0.2, 0.25) is 0 Å². The molecule has 0 spiro atoms. The van der Waals surface area contributed by atoms with Gasteiger partial charge < -0.3 is 10.3 Å². The van der Waals surface area contributed by atoms with Crippen LogP contribution >= 0.6 is 0 Å². The lowest BCUT2D eigenvalue weighted by atomic mass is 9.75. The Labute approximate surface area is 121 Å². The number of hydrogen-bond donors (Lipinski definition) is 1. The molecule has 2 saturated carbocycles. The van der Waals surface area contributed by atoms with Gasteiger partial charge in [0.25, 0.3) is 0 Å². The fourth-order valence-corrected chi connectivity index (χ4v) is 3.72. The molecule has 1 heterocycles. The Morgan fingerprint density at radius 1 is 1.10 bits per heavy atom. The minimum absolute atomic E-state index is 0.0712. The van der Waals surface area contributed by atoms with Gasteiger partial charge in [0.2, 0.25) is 5.89 Å². The Morgan fingerprint density at radius 2 is 1.75 bits per heavy atom. The highest BCUT2D eigenvalue weighted by atomic mass is 16.5. The third-order valence-electron chi connectivity index (χ3n) is 5.51. The normalized spacial score (nSPS) is 34.0. The van der Waals surface area contributed by atoms with Crippen LogP contribution in [0.4, 0.5) is 0 Å². The van der Waals surface area contributed by atoms with E-state index in [1.165, 1.54) is 19.3 Å². The number of rotatable bonds is 2. The maximum absolute atomic E-state index is 6.54. The van der Waals surface area contributed by atoms with Crippen molar-refractivity contribution < 1.29 is 4.52 Å². The molecule has 0 bridgehead atoms. The van der Waals surface area contributed by atoms with Gasteiger partial charge in [0, 0.05) is 5.41 Å². The molecule has 2 aliphatic carbocycles. The van der Waals surface area contributed by atoms with Crippen molar-refractivity contribution in [3.05, 3.63) is 11.7 Å². The summed E-state index contributed by atoms with van der Waals surface area (Å²) in [5.74, 6) is 2.33. The summed E-state index contributed by atoms with van der Waals surface area (Å²) < 4.78 is 5.61. The molecule has 1 aromatic heterocycles. The summed E-state index contributed by atoms with van der Waals surface area (Å²) >= 11 is 0. The SMILES string of the molecule is CC1CCC(N)(c2noc(C3(C)CCCCC3)n2)CC1. The second-order valence-electron chi connectivity index (χ2n) is 7.38. The van der Waals surface area contributed by atoms with E-state index in [1.54, 1.807) is 0 Å². The smallest absolute Gasteiger partial charge is 0.232 e. The van der Waals surface area contributed by atoms with Crippen LogP contribution in [0.25, 0.3) is 0 Å². The summed E-state index contributed by atoms with van der Waals surface area (Å²) in [6.07, 6.45) is 10.4. The molecule has 3 rings (SSSR count). The molecule has 0 atom stereocenters. The van der Waals surface area contributed by atoms with E-state index in [0.717, 1.165) is 56.2 Å². The highest BCUT2D eigenvalue weighted by molar-refractivity contribution is 5.10. The molecule has 2 aliphatic rings. The van der Waals surface area contributed by atoms with E-state index >= 15 is 0 Å². The van der Waals surface area contributed by atoms with Gasteiger partial charge in [0.1, 0.15) is 0 Å². The van der Waals surface area contributed by atoms with Gasteiger partial charge in [-0.25, -0.2) is 0 Å². The standard InChI is InChI=1S/C16H27N3O/c1-12-6-10-16(17,11-7-12)13-18-14(20-19-13)15(2)8-4-3-5-9-15/h12H,3-11,17H2,1-2H3. The van der Waals surface area contributed by atoms with E-state index in [2.05, 4.69) is 19.0 Å². The minimum Gasteiger partial charge on any atom is -0.339 e. The van der Waals surface area contributed by atoms with Crippen LogP contribution in [-0.4, -0.2) is 10.1 Å². The second-order valence-corrected chi connectivity index (χ2v) is 7.38. The van der Waals surface area contributed by atoms with Crippen molar-refractivity contribution in [3.63, 3.8) is 0 Å². The third-order valence-corrected chi connectivity index (χ3v) is 5.51. The van der Waals surface area contributed by atoms with E-state index in [1.807, 2.05) is 0 Å². The van der Waals surface area contributed by atoms with Crippen molar-refractivity contribution >= 4 is 0 Å². The quantitative estimate of drug-likeness (QED) is 0.896. The van der Waals surface area contributed by atoms with Crippen LogP contribution in [0, 0.1) is 5.92 Å². The summed E-state index contributed by atoms with van der Waals surface area (Å²) in [5.41, 5.74) is 6.25. The predicted octanol–water partition coefficient (Wildman–Crippen LogP) is 3.66. The van der Waals surface area contributed by atoms with Crippen LogP contribution in [0.5, 0.6) is 0 Å². The summed E-state index contributed by atoms with van der Waals surface area (Å²) in [4.78, 5) is 4.72. The fraction of sp³-hybridized carbons (Fsp3) is 0.875. The number of hydrogen-bond acceptors (Lipinski definition) is 4. The first-order valence-corrected chi connectivity index (χ1v) is 8.15. The summed E-state index contributed by atoms with van der Waals surface area (Å²) in [5, 5.41) is 4.25. The van der Waals surface area contributed by atoms with Gasteiger partial charge in [-0.2, -0.15) is 4.98 Å². The fourth-order valence-electron chi connectivity index (χ4n) is 3.72. The van der Waals surface area contributed by atoms with Gasteiger partial charge in [-0.1, -0.05) is 38.3 Å². The first kappa shape index (κ1) is 14.1. The highest BCUT2D eigenvalue weighted by Gasteiger charge is 2.39. The number of nitrogens with two attached hydrogens (primary N) is 1. The van der Waals surface area contributed by atoms with Crippen molar-refractivity contribution in [2.45, 2.75) is 82.6 Å². The van der Waals surface area contributed by atoms with E-state index < -0.39 is 0 Å². The lowest BCUT2D eigenvalue weighted by Gasteiger charge is -2.33. The molecule has 0 aromatic carbocycles. The number of nitrogens with zero attached hydrogens (tertiary/aromatic N) is 2. The molecule has 0 amide bonds. The van der Waals surface area contributed by atoms with Crippen molar-refractivity contribution in [2.24, 2.45) is 11.7 Å². The van der Waals surface area contributed by atoms with Gasteiger partial charge in [-0.15, -0.1) is 0 Å². The average molecular weight is 277 g/mol. The molecule has 0 saturated heterocycles. The highest BCUT2D eigenvalue weighted by Crippen LogP contribution is 2.40. The van der Waals surface area contributed by atoms with Crippen molar-refractivity contribution in [1.29, 1.82) is 0 Å². The van der Waals surface area contributed by atoms with Crippen LogP contribution in [-0.2, 0) is 11.0 Å². The van der Waals surface area contributed by atoms with Crippen LogP contribution < -0.4 is 5.73 Å².